The molecule has 1 aliphatic rings. The number of hydrogen-bond acceptors (Lipinski definition) is 3. The molecule has 1 heterocycles. The number of anilines is 1. The van der Waals surface area contributed by atoms with Gasteiger partial charge in [0.05, 0.1) is 5.56 Å². The van der Waals surface area contributed by atoms with Gasteiger partial charge in [0.25, 0.3) is 5.91 Å². The summed E-state index contributed by atoms with van der Waals surface area (Å²) in [7, 11) is 1.71. The SMILES string of the molecule is CC(C)[C@H]1C(=O)N(C)[C@@H](/C=C/c2ccccc2)N1C(=O)c1cc(Cl)ccc1N. The smallest absolute Gasteiger partial charge is 0.258 e. The molecule has 2 aromatic carbocycles. The van der Waals surface area contributed by atoms with E-state index in [0.29, 0.717) is 16.3 Å². The normalized spacial score (nSPS) is 19.8. The molecular formula is C22H24ClN3O2. The first-order chi connectivity index (χ1) is 13.3. The van der Waals surface area contributed by atoms with Gasteiger partial charge < -0.3 is 15.5 Å². The summed E-state index contributed by atoms with van der Waals surface area (Å²) < 4.78 is 0. The predicted molar refractivity (Wildman–Crippen MR) is 113 cm³/mol. The number of hydrogen-bond donors (Lipinski definition) is 1. The fraction of sp³-hybridized carbons (Fsp3) is 0.273. The lowest BCUT2D eigenvalue weighted by atomic mass is 10.0. The van der Waals surface area contributed by atoms with Crippen molar-refractivity contribution >= 4 is 35.2 Å². The highest BCUT2D eigenvalue weighted by Crippen LogP contribution is 2.31. The maximum atomic E-state index is 13.4. The van der Waals surface area contributed by atoms with Crippen molar-refractivity contribution in [3.05, 3.63) is 70.8 Å². The summed E-state index contributed by atoms with van der Waals surface area (Å²) in [6, 6.07) is 14.0. The summed E-state index contributed by atoms with van der Waals surface area (Å²) in [6.45, 7) is 3.86. The minimum atomic E-state index is -0.568. The van der Waals surface area contributed by atoms with E-state index in [4.69, 9.17) is 17.3 Å². The fourth-order valence-corrected chi connectivity index (χ4v) is 3.67. The Morgan fingerprint density at radius 3 is 2.50 bits per heavy atom. The number of halogens is 1. The summed E-state index contributed by atoms with van der Waals surface area (Å²) in [5.41, 5.74) is 7.67. The van der Waals surface area contributed by atoms with E-state index in [9.17, 15) is 9.59 Å². The zero-order chi connectivity index (χ0) is 20.4. The molecule has 1 fully saturated rings. The van der Waals surface area contributed by atoms with Gasteiger partial charge in [0, 0.05) is 17.8 Å². The second-order valence-electron chi connectivity index (χ2n) is 7.27. The number of nitrogens with zero attached hydrogens (tertiary/aromatic N) is 2. The lowest BCUT2D eigenvalue weighted by Crippen LogP contribution is -2.45. The van der Waals surface area contributed by atoms with E-state index in [2.05, 4.69) is 0 Å². The lowest BCUT2D eigenvalue weighted by Gasteiger charge is -2.30. The number of nitrogen functional groups attached to an aromatic ring is 1. The minimum absolute atomic E-state index is 0.0468. The van der Waals surface area contributed by atoms with E-state index in [1.165, 1.54) is 0 Å². The van der Waals surface area contributed by atoms with Crippen molar-refractivity contribution in [2.24, 2.45) is 5.92 Å². The van der Waals surface area contributed by atoms with Gasteiger partial charge in [0.1, 0.15) is 12.2 Å². The van der Waals surface area contributed by atoms with Gasteiger partial charge in [-0.1, -0.05) is 61.9 Å². The van der Waals surface area contributed by atoms with E-state index in [-0.39, 0.29) is 17.7 Å². The van der Waals surface area contributed by atoms with Crippen molar-refractivity contribution in [1.82, 2.24) is 9.80 Å². The average Bonchev–Trinajstić information content (AvgIpc) is 2.93. The molecule has 0 radical (unpaired) electrons. The van der Waals surface area contributed by atoms with Gasteiger partial charge in [0.2, 0.25) is 5.91 Å². The van der Waals surface area contributed by atoms with Crippen LogP contribution < -0.4 is 5.73 Å². The third-order valence-electron chi connectivity index (χ3n) is 4.95. The Balaban J connectivity index is 2.03. The van der Waals surface area contributed by atoms with Gasteiger partial charge in [-0.3, -0.25) is 9.59 Å². The van der Waals surface area contributed by atoms with Crippen molar-refractivity contribution in [3.8, 4) is 0 Å². The molecule has 0 unspecified atom stereocenters. The average molecular weight is 398 g/mol. The standard InChI is InChI=1S/C22H24ClN3O2/c1-14(2)20-22(28)25(3)19(12-9-15-7-5-4-6-8-15)26(20)21(27)17-13-16(23)10-11-18(17)24/h4-14,19-20H,24H2,1-3H3/b12-9+/t19-,20+/m1/s1. The van der Waals surface area contributed by atoms with Gasteiger partial charge in [-0.05, 0) is 35.8 Å². The maximum absolute atomic E-state index is 13.4. The molecule has 1 saturated heterocycles. The molecule has 1 aliphatic heterocycles. The first-order valence-electron chi connectivity index (χ1n) is 9.19. The Labute approximate surface area is 170 Å². The van der Waals surface area contributed by atoms with Crippen LogP contribution in [0.25, 0.3) is 6.08 Å². The molecule has 0 aliphatic carbocycles. The van der Waals surface area contributed by atoms with Crippen LogP contribution >= 0.6 is 11.6 Å². The van der Waals surface area contributed by atoms with Crippen molar-refractivity contribution in [2.45, 2.75) is 26.1 Å². The number of nitrogens with two attached hydrogens (primary N) is 1. The molecule has 2 N–H and O–H groups in total. The van der Waals surface area contributed by atoms with Crippen LogP contribution in [0.1, 0.15) is 29.8 Å². The molecule has 3 rings (SSSR count). The van der Waals surface area contributed by atoms with Crippen LogP contribution in [0.3, 0.4) is 0 Å². The number of rotatable bonds is 4. The van der Waals surface area contributed by atoms with E-state index in [1.807, 2.05) is 56.3 Å². The second-order valence-corrected chi connectivity index (χ2v) is 7.70. The van der Waals surface area contributed by atoms with Gasteiger partial charge in [-0.2, -0.15) is 0 Å². The van der Waals surface area contributed by atoms with Crippen molar-refractivity contribution in [1.29, 1.82) is 0 Å². The molecule has 0 spiro atoms. The Bertz CT molecular complexity index is 911. The number of benzene rings is 2. The molecule has 2 aromatic rings. The van der Waals surface area contributed by atoms with E-state index in [1.54, 1.807) is 35.0 Å². The highest BCUT2D eigenvalue weighted by atomic mass is 35.5. The molecule has 28 heavy (non-hydrogen) atoms. The summed E-state index contributed by atoms with van der Waals surface area (Å²) in [6.07, 6.45) is 3.28. The number of amides is 2. The highest BCUT2D eigenvalue weighted by Gasteiger charge is 2.47. The van der Waals surface area contributed by atoms with Gasteiger partial charge in [-0.25, -0.2) is 0 Å². The summed E-state index contributed by atoms with van der Waals surface area (Å²) in [5.74, 6) is -0.444. The van der Waals surface area contributed by atoms with E-state index in [0.717, 1.165) is 5.56 Å². The predicted octanol–water partition coefficient (Wildman–Crippen LogP) is 3.90. The number of carbonyl (C=O) groups is 2. The quantitative estimate of drug-likeness (QED) is 0.795. The largest absolute Gasteiger partial charge is 0.398 e. The third-order valence-corrected chi connectivity index (χ3v) is 5.19. The maximum Gasteiger partial charge on any atom is 0.258 e. The first-order valence-corrected chi connectivity index (χ1v) is 9.56. The fourth-order valence-electron chi connectivity index (χ4n) is 3.50. The van der Waals surface area contributed by atoms with Crippen LogP contribution in [0.15, 0.2) is 54.6 Å². The van der Waals surface area contributed by atoms with E-state index < -0.39 is 12.2 Å². The van der Waals surface area contributed by atoms with Crippen molar-refractivity contribution < 1.29 is 9.59 Å². The third kappa shape index (κ3) is 3.76. The molecule has 146 valence electrons. The zero-order valence-corrected chi connectivity index (χ0v) is 16.9. The monoisotopic (exact) mass is 397 g/mol. The van der Waals surface area contributed by atoms with Crippen LogP contribution in [-0.2, 0) is 4.79 Å². The molecule has 0 saturated carbocycles. The molecule has 0 bridgehead atoms. The first kappa shape index (κ1) is 20.0. The second kappa shape index (κ2) is 8.07. The molecule has 6 heteroatoms. The molecule has 5 nitrogen and oxygen atoms in total. The van der Waals surface area contributed by atoms with Crippen LogP contribution in [0.4, 0.5) is 5.69 Å². The summed E-state index contributed by atoms with van der Waals surface area (Å²) in [5, 5.41) is 0.425. The van der Waals surface area contributed by atoms with Crippen LogP contribution in [0.2, 0.25) is 5.02 Å². The van der Waals surface area contributed by atoms with Gasteiger partial charge in [-0.15, -0.1) is 0 Å². The molecule has 2 atom stereocenters. The van der Waals surface area contributed by atoms with Gasteiger partial charge >= 0.3 is 0 Å². The number of likely N-dealkylation sites (N-methyl/N-ethyl adjacent to an activating group) is 1. The number of carbonyl (C=O) groups excluding carboxylic acids is 2. The van der Waals surface area contributed by atoms with Crippen LogP contribution in [0.5, 0.6) is 0 Å². The lowest BCUT2D eigenvalue weighted by molar-refractivity contribution is -0.129. The topological polar surface area (TPSA) is 66.6 Å². The van der Waals surface area contributed by atoms with Crippen LogP contribution in [0, 0.1) is 5.92 Å². The Morgan fingerprint density at radius 1 is 1.18 bits per heavy atom. The van der Waals surface area contributed by atoms with Gasteiger partial charge in [0.15, 0.2) is 0 Å². The summed E-state index contributed by atoms with van der Waals surface area (Å²) >= 11 is 6.08. The van der Waals surface area contributed by atoms with Crippen LogP contribution in [-0.4, -0.2) is 40.9 Å². The Kier molecular flexibility index (Phi) is 5.75. The van der Waals surface area contributed by atoms with E-state index >= 15 is 0 Å². The Morgan fingerprint density at radius 2 is 1.86 bits per heavy atom. The molecule has 2 amide bonds. The summed E-state index contributed by atoms with van der Waals surface area (Å²) in [4.78, 5) is 29.5. The van der Waals surface area contributed by atoms with Crippen molar-refractivity contribution in [2.75, 3.05) is 12.8 Å². The van der Waals surface area contributed by atoms with Crippen molar-refractivity contribution in [3.63, 3.8) is 0 Å². The molecular weight excluding hydrogens is 374 g/mol. The Hall–Kier alpha value is -2.79. The zero-order valence-electron chi connectivity index (χ0n) is 16.2. The highest BCUT2D eigenvalue weighted by molar-refractivity contribution is 6.31. The molecule has 0 aromatic heterocycles. The minimum Gasteiger partial charge on any atom is -0.398 e.